The summed E-state index contributed by atoms with van der Waals surface area (Å²) in [6.45, 7) is 0. The molecule has 0 unspecified atom stereocenters. The molecule has 0 aliphatic rings. The van der Waals surface area contributed by atoms with Crippen LogP contribution in [0.2, 0.25) is 0 Å². The van der Waals surface area contributed by atoms with Crippen LogP contribution in [0.5, 0.6) is 0 Å². The molecule has 0 amide bonds. The fourth-order valence-electron chi connectivity index (χ4n) is 0.936. The molecular weight excluding hydrogens is 241 g/mol. The van der Waals surface area contributed by atoms with Gasteiger partial charge in [-0.1, -0.05) is 24.3 Å². The zero-order chi connectivity index (χ0) is 12.6. The lowest BCUT2D eigenvalue weighted by Gasteiger charge is -2.28. The van der Waals surface area contributed by atoms with E-state index in [-0.39, 0.29) is 0 Å². The molecule has 0 aromatic heterocycles. The highest BCUT2D eigenvalue weighted by molar-refractivity contribution is 5.22. The van der Waals surface area contributed by atoms with E-state index < -0.39 is 23.6 Å². The summed E-state index contributed by atoms with van der Waals surface area (Å²) in [4.78, 5) is 0. The number of halogens is 7. The Labute approximate surface area is 85.7 Å². The van der Waals surface area contributed by atoms with Crippen molar-refractivity contribution in [3.8, 4) is 0 Å². The van der Waals surface area contributed by atoms with Crippen LogP contribution in [0.15, 0.2) is 24.3 Å². The molecule has 0 saturated heterocycles. The van der Waals surface area contributed by atoms with Crippen LogP contribution in [0.3, 0.4) is 0 Å². The van der Waals surface area contributed by atoms with Gasteiger partial charge >= 0.3 is 18.0 Å². The third-order valence-electron chi connectivity index (χ3n) is 1.80. The lowest BCUT2D eigenvalue weighted by atomic mass is 10.0. The molecule has 0 atom stereocenters. The largest absolute Gasteiger partial charge is 0.460 e. The monoisotopic (exact) mass is 245 g/mol. The molecule has 89 valence electrons. The van der Waals surface area contributed by atoms with Gasteiger partial charge in [-0.05, 0) is 6.07 Å². The minimum atomic E-state index is -6.32. The maximum Gasteiger partial charge on any atom is 0.460 e. The van der Waals surface area contributed by atoms with E-state index >= 15 is 0 Å². The van der Waals surface area contributed by atoms with Crippen molar-refractivity contribution in [2.24, 2.45) is 0 Å². The molecule has 0 spiro atoms. The predicted molar refractivity (Wildman–Crippen MR) is 40.2 cm³/mol. The molecule has 0 nitrogen and oxygen atoms in total. The van der Waals surface area contributed by atoms with Crippen molar-refractivity contribution in [3.05, 3.63) is 35.9 Å². The molecule has 16 heavy (non-hydrogen) atoms. The van der Waals surface area contributed by atoms with E-state index in [9.17, 15) is 30.7 Å². The van der Waals surface area contributed by atoms with Gasteiger partial charge in [0.25, 0.3) is 0 Å². The van der Waals surface area contributed by atoms with Crippen LogP contribution in [-0.4, -0.2) is 12.1 Å². The molecule has 1 aromatic carbocycles. The van der Waals surface area contributed by atoms with E-state index in [1.54, 1.807) is 6.07 Å². The maximum atomic E-state index is 12.9. The van der Waals surface area contributed by atoms with Gasteiger partial charge in [0.1, 0.15) is 0 Å². The Morgan fingerprint density at radius 1 is 0.875 bits per heavy atom. The van der Waals surface area contributed by atoms with Crippen LogP contribution >= 0.6 is 0 Å². The molecule has 1 aromatic rings. The summed E-state index contributed by atoms with van der Waals surface area (Å²) in [6, 6.07) is 5.04. The zero-order valence-electron chi connectivity index (χ0n) is 7.46. The maximum absolute atomic E-state index is 12.9. The van der Waals surface area contributed by atoms with Gasteiger partial charge in [-0.3, -0.25) is 0 Å². The van der Waals surface area contributed by atoms with Crippen molar-refractivity contribution < 1.29 is 30.7 Å². The second-order valence-corrected chi connectivity index (χ2v) is 2.92. The van der Waals surface area contributed by atoms with Gasteiger partial charge in [0, 0.05) is 5.56 Å². The molecule has 0 aliphatic heterocycles. The Hall–Kier alpha value is -1.27. The average Bonchev–Trinajstić information content (AvgIpc) is 2.17. The molecule has 0 saturated carbocycles. The van der Waals surface area contributed by atoms with Gasteiger partial charge in [0.2, 0.25) is 0 Å². The van der Waals surface area contributed by atoms with Gasteiger partial charge in [-0.15, -0.1) is 0 Å². The predicted octanol–water partition coefficient (Wildman–Crippen LogP) is 3.78. The van der Waals surface area contributed by atoms with Crippen LogP contribution in [0.1, 0.15) is 5.56 Å². The number of benzene rings is 1. The van der Waals surface area contributed by atoms with Crippen molar-refractivity contribution in [1.29, 1.82) is 0 Å². The van der Waals surface area contributed by atoms with Crippen LogP contribution < -0.4 is 0 Å². The van der Waals surface area contributed by atoms with Gasteiger partial charge in [-0.25, -0.2) is 0 Å². The average molecular weight is 245 g/mol. The van der Waals surface area contributed by atoms with E-state index in [0.29, 0.717) is 6.07 Å². The lowest BCUT2D eigenvalue weighted by molar-refractivity contribution is -0.359. The van der Waals surface area contributed by atoms with Crippen LogP contribution in [0.25, 0.3) is 0 Å². The van der Waals surface area contributed by atoms with Crippen molar-refractivity contribution >= 4 is 0 Å². The van der Waals surface area contributed by atoms with E-state index in [1.165, 1.54) is 6.07 Å². The minimum Gasteiger partial charge on any atom is -0.194 e. The Bertz CT molecular complexity index is 352. The molecule has 0 N–H and O–H groups in total. The number of hydrogen-bond donors (Lipinski definition) is 0. The minimum absolute atomic E-state index is 0.458. The lowest BCUT2D eigenvalue weighted by Crippen LogP contribution is -2.50. The highest BCUT2D eigenvalue weighted by Gasteiger charge is 2.73. The molecule has 0 heterocycles. The molecule has 7 heteroatoms. The second-order valence-electron chi connectivity index (χ2n) is 2.92. The number of rotatable bonds is 2. The number of alkyl halides is 7. The molecule has 1 radical (unpaired) electrons. The summed E-state index contributed by atoms with van der Waals surface area (Å²) in [7, 11) is 0. The van der Waals surface area contributed by atoms with Gasteiger partial charge in [0.05, 0.1) is 0 Å². The van der Waals surface area contributed by atoms with E-state index in [2.05, 4.69) is 0 Å². The van der Waals surface area contributed by atoms with Crippen LogP contribution in [0.4, 0.5) is 30.7 Å². The highest BCUT2D eigenvalue weighted by Crippen LogP contribution is 2.51. The van der Waals surface area contributed by atoms with E-state index in [0.717, 1.165) is 12.1 Å². The first kappa shape index (κ1) is 12.8. The van der Waals surface area contributed by atoms with Crippen molar-refractivity contribution in [2.75, 3.05) is 0 Å². The smallest absolute Gasteiger partial charge is 0.194 e. The van der Waals surface area contributed by atoms with E-state index in [1.807, 2.05) is 0 Å². The number of hydrogen-bond acceptors (Lipinski definition) is 0. The summed E-state index contributed by atoms with van der Waals surface area (Å²) < 4.78 is 86.2. The Balaban J connectivity index is 3.22. The third-order valence-corrected chi connectivity index (χ3v) is 1.80. The topological polar surface area (TPSA) is 0 Å². The molecule has 0 bridgehead atoms. The third kappa shape index (κ3) is 1.85. The van der Waals surface area contributed by atoms with Crippen LogP contribution in [-0.2, 0) is 5.92 Å². The molecule has 1 rings (SSSR count). The summed E-state index contributed by atoms with van der Waals surface area (Å²) in [6.07, 6.45) is -6.32. The zero-order valence-corrected chi connectivity index (χ0v) is 7.46. The Kier molecular flexibility index (Phi) is 2.91. The standard InChI is InChI=1S/C9H4F7/c10-7(11,6-4-2-1-3-5-6)8(12,13)9(14,15)16/h1-4H. The first-order valence-corrected chi connectivity index (χ1v) is 3.90. The van der Waals surface area contributed by atoms with Gasteiger partial charge < -0.3 is 0 Å². The fraction of sp³-hybridized carbons (Fsp3) is 0.333. The molecule has 0 fully saturated rings. The first-order valence-electron chi connectivity index (χ1n) is 3.90. The molecule has 0 aliphatic carbocycles. The normalized spacial score (nSPS) is 13.9. The first-order chi connectivity index (χ1) is 7.11. The quantitative estimate of drug-likeness (QED) is 0.695. The van der Waals surface area contributed by atoms with Gasteiger partial charge in [-0.2, -0.15) is 30.7 Å². The molecular formula is C9H4F7. The highest BCUT2D eigenvalue weighted by atomic mass is 19.4. The second kappa shape index (κ2) is 3.64. The Morgan fingerprint density at radius 3 is 1.81 bits per heavy atom. The Morgan fingerprint density at radius 2 is 1.44 bits per heavy atom. The van der Waals surface area contributed by atoms with Crippen molar-refractivity contribution in [1.82, 2.24) is 0 Å². The summed E-state index contributed by atoms with van der Waals surface area (Å²) in [5, 5.41) is 0. The summed E-state index contributed by atoms with van der Waals surface area (Å²) in [5.41, 5.74) is -1.50. The van der Waals surface area contributed by atoms with Gasteiger partial charge in [0.15, 0.2) is 0 Å². The summed E-state index contributed by atoms with van der Waals surface area (Å²) in [5.74, 6) is -11.5. The van der Waals surface area contributed by atoms with E-state index in [4.69, 9.17) is 0 Å². The summed E-state index contributed by atoms with van der Waals surface area (Å²) >= 11 is 0. The van der Waals surface area contributed by atoms with Crippen molar-refractivity contribution in [2.45, 2.75) is 18.0 Å². The fourth-order valence-corrected chi connectivity index (χ4v) is 0.936. The van der Waals surface area contributed by atoms with Crippen LogP contribution in [0, 0.1) is 6.07 Å². The SMILES string of the molecule is FC(F)(F)C(F)(F)C(F)(F)c1[c]cccc1. The van der Waals surface area contributed by atoms with Crippen molar-refractivity contribution in [3.63, 3.8) is 0 Å².